The highest BCUT2D eigenvalue weighted by atomic mass is 16.6. The lowest BCUT2D eigenvalue weighted by molar-refractivity contribution is -0.384. The zero-order chi connectivity index (χ0) is 21.5. The zero-order valence-electron chi connectivity index (χ0n) is 16.4. The molecule has 0 bridgehead atoms. The molecule has 8 heteroatoms. The maximum absolute atomic E-state index is 12.4. The van der Waals surface area contributed by atoms with E-state index >= 15 is 0 Å². The fourth-order valence-corrected chi connectivity index (χ4v) is 3.35. The molecular weight excluding hydrogens is 388 g/mol. The summed E-state index contributed by atoms with van der Waals surface area (Å²) >= 11 is 0. The summed E-state index contributed by atoms with van der Waals surface area (Å²) in [7, 11) is 0. The monoisotopic (exact) mass is 410 g/mol. The van der Waals surface area contributed by atoms with Gasteiger partial charge in [0.15, 0.2) is 12.4 Å². The summed E-state index contributed by atoms with van der Waals surface area (Å²) in [6.07, 6.45) is 4.21. The van der Waals surface area contributed by atoms with E-state index in [0.29, 0.717) is 11.3 Å². The van der Waals surface area contributed by atoms with Crippen molar-refractivity contribution in [3.8, 4) is 0 Å². The highest BCUT2D eigenvalue weighted by Crippen LogP contribution is 2.23. The highest BCUT2D eigenvalue weighted by Gasteiger charge is 2.15. The number of ketones is 1. The summed E-state index contributed by atoms with van der Waals surface area (Å²) in [6.45, 7) is -0.497. The predicted octanol–water partition coefficient (Wildman–Crippen LogP) is 3.62. The minimum Gasteiger partial charge on any atom is -0.456 e. The van der Waals surface area contributed by atoms with Gasteiger partial charge in [-0.3, -0.25) is 24.5 Å². The third-order valence-electron chi connectivity index (χ3n) is 4.95. The Morgan fingerprint density at radius 2 is 1.67 bits per heavy atom. The fourth-order valence-electron chi connectivity index (χ4n) is 3.35. The lowest BCUT2D eigenvalue weighted by atomic mass is 9.89. The van der Waals surface area contributed by atoms with Gasteiger partial charge in [-0.05, 0) is 55.0 Å². The number of amides is 1. The largest absolute Gasteiger partial charge is 0.456 e. The Morgan fingerprint density at radius 3 is 2.37 bits per heavy atom. The Balaban J connectivity index is 1.41. The number of benzene rings is 2. The minimum absolute atomic E-state index is 0.0155. The molecule has 2 aromatic carbocycles. The smallest absolute Gasteiger partial charge is 0.306 e. The number of carbonyl (C=O) groups is 3. The summed E-state index contributed by atoms with van der Waals surface area (Å²) < 4.78 is 4.90. The van der Waals surface area contributed by atoms with Gasteiger partial charge in [0.25, 0.3) is 11.6 Å². The SMILES string of the molecule is O=C(COC(=O)CCC(=O)c1ccc2c(c1)CCCC2)Nc1ccc([N+](=O)[O-])cc1. The minimum atomic E-state index is -0.639. The molecule has 0 atom stereocenters. The number of carbonyl (C=O) groups excluding carboxylic acids is 3. The molecule has 156 valence electrons. The molecule has 1 aliphatic carbocycles. The molecule has 0 aromatic heterocycles. The summed E-state index contributed by atoms with van der Waals surface area (Å²) in [5.74, 6) is -1.34. The number of nitro groups is 1. The fraction of sp³-hybridized carbons (Fsp3) is 0.318. The molecule has 0 saturated carbocycles. The average Bonchev–Trinajstić information content (AvgIpc) is 2.76. The van der Waals surface area contributed by atoms with Crippen molar-refractivity contribution in [2.24, 2.45) is 0 Å². The number of hydrogen-bond acceptors (Lipinski definition) is 6. The first-order chi connectivity index (χ1) is 14.4. The van der Waals surface area contributed by atoms with Gasteiger partial charge >= 0.3 is 5.97 Å². The molecule has 1 aliphatic rings. The second kappa shape index (κ2) is 9.78. The summed E-state index contributed by atoms with van der Waals surface area (Å²) in [6, 6.07) is 11.0. The molecule has 1 N–H and O–H groups in total. The molecule has 3 rings (SSSR count). The molecule has 30 heavy (non-hydrogen) atoms. The number of nitrogens with zero attached hydrogens (tertiary/aromatic N) is 1. The molecule has 0 spiro atoms. The van der Waals surface area contributed by atoms with Crippen molar-refractivity contribution in [1.82, 2.24) is 0 Å². The van der Waals surface area contributed by atoms with Crippen molar-refractivity contribution in [2.45, 2.75) is 38.5 Å². The second-order valence-corrected chi connectivity index (χ2v) is 7.13. The molecule has 2 aromatic rings. The van der Waals surface area contributed by atoms with Gasteiger partial charge in [-0.25, -0.2) is 0 Å². The Labute approximate surface area is 173 Å². The normalized spacial score (nSPS) is 12.5. The van der Waals surface area contributed by atoms with Gasteiger partial charge in [0.2, 0.25) is 0 Å². The predicted molar refractivity (Wildman–Crippen MR) is 109 cm³/mol. The van der Waals surface area contributed by atoms with E-state index in [1.54, 1.807) is 6.07 Å². The van der Waals surface area contributed by atoms with Crippen LogP contribution in [-0.2, 0) is 27.2 Å². The third-order valence-corrected chi connectivity index (χ3v) is 4.95. The third kappa shape index (κ3) is 5.73. The Hall–Kier alpha value is -3.55. The molecule has 0 unspecified atom stereocenters. The summed E-state index contributed by atoms with van der Waals surface area (Å²) in [4.78, 5) is 46.1. The van der Waals surface area contributed by atoms with Gasteiger partial charge in [0, 0.05) is 29.8 Å². The number of anilines is 1. The van der Waals surface area contributed by atoms with E-state index in [9.17, 15) is 24.5 Å². The number of Topliss-reactive ketones (excluding diaryl/α,β-unsaturated/α-hetero) is 1. The van der Waals surface area contributed by atoms with Crippen molar-refractivity contribution < 1.29 is 24.0 Å². The van der Waals surface area contributed by atoms with E-state index in [-0.39, 0.29) is 24.3 Å². The van der Waals surface area contributed by atoms with Gasteiger partial charge in [-0.2, -0.15) is 0 Å². The highest BCUT2D eigenvalue weighted by molar-refractivity contribution is 5.98. The second-order valence-electron chi connectivity index (χ2n) is 7.13. The van der Waals surface area contributed by atoms with Crippen molar-refractivity contribution in [3.63, 3.8) is 0 Å². The summed E-state index contributed by atoms with van der Waals surface area (Å²) in [5, 5.41) is 13.1. The van der Waals surface area contributed by atoms with Crippen LogP contribution in [0.2, 0.25) is 0 Å². The van der Waals surface area contributed by atoms with E-state index in [1.165, 1.54) is 41.8 Å². The number of nitrogens with one attached hydrogen (secondary N) is 1. The van der Waals surface area contributed by atoms with Crippen LogP contribution in [0.1, 0.15) is 47.2 Å². The number of ether oxygens (including phenoxy) is 1. The topological polar surface area (TPSA) is 116 Å². The van der Waals surface area contributed by atoms with Gasteiger partial charge < -0.3 is 10.1 Å². The summed E-state index contributed by atoms with van der Waals surface area (Å²) in [5.41, 5.74) is 3.35. The average molecular weight is 410 g/mol. The first kappa shape index (κ1) is 21.2. The van der Waals surface area contributed by atoms with Crippen LogP contribution >= 0.6 is 0 Å². The lowest BCUT2D eigenvalue weighted by Crippen LogP contribution is -2.21. The molecule has 0 saturated heterocycles. The van der Waals surface area contributed by atoms with Crippen LogP contribution in [0, 0.1) is 10.1 Å². The van der Waals surface area contributed by atoms with Crippen LogP contribution in [0.3, 0.4) is 0 Å². The molecule has 1 amide bonds. The number of hydrogen-bond donors (Lipinski definition) is 1. The Kier molecular flexibility index (Phi) is 6.90. The van der Waals surface area contributed by atoms with Crippen LogP contribution in [-0.4, -0.2) is 29.2 Å². The van der Waals surface area contributed by atoms with E-state index in [0.717, 1.165) is 19.3 Å². The first-order valence-corrected chi connectivity index (χ1v) is 9.77. The first-order valence-electron chi connectivity index (χ1n) is 9.77. The van der Waals surface area contributed by atoms with E-state index in [2.05, 4.69) is 5.32 Å². The van der Waals surface area contributed by atoms with E-state index < -0.39 is 23.4 Å². The number of rotatable bonds is 8. The van der Waals surface area contributed by atoms with E-state index in [4.69, 9.17) is 4.74 Å². The Morgan fingerprint density at radius 1 is 0.967 bits per heavy atom. The van der Waals surface area contributed by atoms with Crippen LogP contribution < -0.4 is 5.32 Å². The van der Waals surface area contributed by atoms with Crippen molar-refractivity contribution in [3.05, 3.63) is 69.3 Å². The quantitative estimate of drug-likeness (QED) is 0.308. The standard InChI is InChI=1S/C22H22N2O6/c25-20(17-6-5-15-3-1-2-4-16(15)13-17)11-12-22(27)30-14-21(26)23-18-7-9-19(10-8-18)24(28)29/h5-10,13H,1-4,11-12,14H2,(H,23,26). The van der Waals surface area contributed by atoms with Gasteiger partial charge in [0.1, 0.15) is 0 Å². The van der Waals surface area contributed by atoms with Crippen LogP contribution in [0.15, 0.2) is 42.5 Å². The van der Waals surface area contributed by atoms with Crippen LogP contribution in [0.5, 0.6) is 0 Å². The number of aryl methyl sites for hydroxylation is 2. The number of nitro benzene ring substituents is 1. The molecule has 8 nitrogen and oxygen atoms in total. The maximum atomic E-state index is 12.4. The van der Waals surface area contributed by atoms with Crippen LogP contribution in [0.4, 0.5) is 11.4 Å². The number of non-ortho nitro benzene ring substituents is 1. The van der Waals surface area contributed by atoms with Crippen molar-refractivity contribution >= 4 is 29.0 Å². The van der Waals surface area contributed by atoms with Crippen molar-refractivity contribution in [1.29, 1.82) is 0 Å². The maximum Gasteiger partial charge on any atom is 0.306 e. The van der Waals surface area contributed by atoms with Gasteiger partial charge in [-0.15, -0.1) is 0 Å². The molecule has 0 radical (unpaired) electrons. The van der Waals surface area contributed by atoms with Gasteiger partial charge in [-0.1, -0.05) is 12.1 Å². The molecular formula is C22H22N2O6. The molecule has 0 fully saturated rings. The van der Waals surface area contributed by atoms with Gasteiger partial charge in [0.05, 0.1) is 11.3 Å². The molecule has 0 heterocycles. The Bertz CT molecular complexity index is 968. The van der Waals surface area contributed by atoms with Crippen molar-refractivity contribution in [2.75, 3.05) is 11.9 Å². The lowest BCUT2D eigenvalue weighted by Gasteiger charge is -2.16. The number of fused-ring (bicyclic) bond motifs is 1. The zero-order valence-corrected chi connectivity index (χ0v) is 16.4. The molecule has 0 aliphatic heterocycles. The van der Waals surface area contributed by atoms with E-state index in [1.807, 2.05) is 12.1 Å². The van der Waals surface area contributed by atoms with Crippen LogP contribution in [0.25, 0.3) is 0 Å². The number of esters is 1.